The van der Waals surface area contributed by atoms with E-state index >= 15 is 0 Å². The molecule has 0 bridgehead atoms. The SMILES string of the molecule is C1=C[N]N2C=CC=NC2=C1. The molecule has 2 aliphatic heterocycles. The maximum atomic E-state index is 4.08. The predicted octanol–water partition coefficient (Wildman–Crippen LogP) is 0.775. The zero-order chi connectivity index (χ0) is 6.81. The Balaban J connectivity index is 2.34. The minimum Gasteiger partial charge on any atom is -0.237 e. The van der Waals surface area contributed by atoms with Crippen LogP contribution < -0.4 is 5.43 Å². The molecule has 2 rings (SSSR count). The first-order chi connectivity index (χ1) is 4.97. The molecule has 0 saturated heterocycles. The number of hydrogen-bond acceptors (Lipinski definition) is 2. The number of nitrogens with zero attached hydrogens (tertiary/aromatic N) is 3. The van der Waals surface area contributed by atoms with E-state index in [-0.39, 0.29) is 0 Å². The summed E-state index contributed by atoms with van der Waals surface area (Å²) in [6.07, 6.45) is 11.0. The third-order valence-corrected chi connectivity index (χ3v) is 1.28. The average molecular weight is 132 g/mol. The van der Waals surface area contributed by atoms with Gasteiger partial charge in [-0.05, 0) is 18.2 Å². The molecule has 0 aromatic rings. The minimum atomic E-state index is 0.866. The molecule has 2 aliphatic rings. The maximum Gasteiger partial charge on any atom is 0.153 e. The van der Waals surface area contributed by atoms with Crippen LogP contribution in [0.25, 0.3) is 0 Å². The molecule has 0 aromatic carbocycles. The van der Waals surface area contributed by atoms with Crippen molar-refractivity contribution in [3.05, 3.63) is 36.4 Å². The predicted molar refractivity (Wildman–Crippen MR) is 38.8 cm³/mol. The first-order valence-corrected chi connectivity index (χ1v) is 3.04. The number of rotatable bonds is 0. The Morgan fingerprint density at radius 2 is 2.30 bits per heavy atom. The van der Waals surface area contributed by atoms with Gasteiger partial charge < -0.3 is 0 Å². The maximum absolute atomic E-state index is 4.08. The van der Waals surface area contributed by atoms with Crippen molar-refractivity contribution in [1.82, 2.24) is 10.4 Å². The molecule has 2 heterocycles. The quantitative estimate of drug-likeness (QED) is 0.478. The van der Waals surface area contributed by atoms with E-state index in [1.807, 2.05) is 24.4 Å². The van der Waals surface area contributed by atoms with Gasteiger partial charge in [0.15, 0.2) is 5.82 Å². The van der Waals surface area contributed by atoms with Crippen LogP contribution >= 0.6 is 0 Å². The molecule has 0 aromatic heterocycles. The molecule has 10 heavy (non-hydrogen) atoms. The topological polar surface area (TPSA) is 29.7 Å². The van der Waals surface area contributed by atoms with Gasteiger partial charge in [0.2, 0.25) is 0 Å². The normalized spacial score (nSPS) is 20.0. The molecule has 1 radical (unpaired) electrons. The van der Waals surface area contributed by atoms with E-state index in [0.29, 0.717) is 0 Å². The molecule has 49 valence electrons. The van der Waals surface area contributed by atoms with Crippen LogP contribution in [0.4, 0.5) is 0 Å². The van der Waals surface area contributed by atoms with Gasteiger partial charge in [0.1, 0.15) is 0 Å². The fourth-order valence-electron chi connectivity index (χ4n) is 0.831. The summed E-state index contributed by atoms with van der Waals surface area (Å²) >= 11 is 0. The lowest BCUT2D eigenvalue weighted by Gasteiger charge is -2.20. The lowest BCUT2D eigenvalue weighted by molar-refractivity contribution is 0.375. The summed E-state index contributed by atoms with van der Waals surface area (Å²) < 4.78 is 0. The molecule has 0 spiro atoms. The van der Waals surface area contributed by atoms with Crippen molar-refractivity contribution in [1.29, 1.82) is 0 Å². The van der Waals surface area contributed by atoms with E-state index in [1.54, 1.807) is 17.4 Å². The highest BCUT2D eigenvalue weighted by atomic mass is 15.5. The standard InChI is InChI=1S/C7H6N3/c1-3-7-8-4-2-6-10(7)9-5-1/h1-6H. The van der Waals surface area contributed by atoms with Crippen LogP contribution in [0.2, 0.25) is 0 Å². The van der Waals surface area contributed by atoms with E-state index in [2.05, 4.69) is 10.4 Å². The molecule has 0 aliphatic carbocycles. The first kappa shape index (κ1) is 5.29. The fraction of sp³-hybridized carbons (Fsp3) is 0. The van der Waals surface area contributed by atoms with Gasteiger partial charge in [-0.2, -0.15) is 5.43 Å². The van der Waals surface area contributed by atoms with Crippen molar-refractivity contribution in [3.8, 4) is 0 Å². The van der Waals surface area contributed by atoms with Crippen LogP contribution in [0.1, 0.15) is 0 Å². The van der Waals surface area contributed by atoms with Crippen molar-refractivity contribution >= 4 is 6.21 Å². The molecule has 0 amide bonds. The number of fused-ring (bicyclic) bond motifs is 1. The van der Waals surface area contributed by atoms with Crippen molar-refractivity contribution in [2.24, 2.45) is 4.99 Å². The average Bonchev–Trinajstić information content (AvgIpc) is 2.05. The van der Waals surface area contributed by atoms with Crippen LogP contribution in [-0.2, 0) is 0 Å². The molecule has 0 fully saturated rings. The summed E-state index contributed by atoms with van der Waals surface area (Å²) in [5, 5.41) is 1.72. The summed E-state index contributed by atoms with van der Waals surface area (Å²) in [6, 6.07) is 0. The monoisotopic (exact) mass is 132 g/mol. The Hall–Kier alpha value is -1.51. The Bertz CT molecular complexity index is 248. The van der Waals surface area contributed by atoms with Crippen LogP contribution in [0.5, 0.6) is 0 Å². The first-order valence-electron chi connectivity index (χ1n) is 3.04. The lowest BCUT2D eigenvalue weighted by atomic mass is 10.4. The fourth-order valence-corrected chi connectivity index (χ4v) is 0.831. The van der Waals surface area contributed by atoms with Gasteiger partial charge in [-0.3, -0.25) is 0 Å². The molecule has 3 nitrogen and oxygen atoms in total. The molecule has 3 heteroatoms. The van der Waals surface area contributed by atoms with Gasteiger partial charge in [0, 0.05) is 18.6 Å². The lowest BCUT2D eigenvalue weighted by Crippen LogP contribution is -2.24. The van der Waals surface area contributed by atoms with Crippen molar-refractivity contribution in [2.45, 2.75) is 0 Å². The van der Waals surface area contributed by atoms with E-state index in [1.165, 1.54) is 0 Å². The summed E-state index contributed by atoms with van der Waals surface area (Å²) in [6.45, 7) is 0. The van der Waals surface area contributed by atoms with Crippen LogP contribution in [-0.4, -0.2) is 11.2 Å². The third kappa shape index (κ3) is 0.719. The highest BCUT2D eigenvalue weighted by Gasteiger charge is 2.08. The van der Waals surface area contributed by atoms with E-state index < -0.39 is 0 Å². The Labute approximate surface area is 59.0 Å². The van der Waals surface area contributed by atoms with Gasteiger partial charge >= 0.3 is 0 Å². The van der Waals surface area contributed by atoms with Gasteiger partial charge in [-0.1, -0.05) is 0 Å². The minimum absolute atomic E-state index is 0.866. The summed E-state index contributed by atoms with van der Waals surface area (Å²) in [7, 11) is 0. The van der Waals surface area contributed by atoms with Gasteiger partial charge in [0.05, 0.1) is 0 Å². The van der Waals surface area contributed by atoms with Crippen molar-refractivity contribution in [3.63, 3.8) is 0 Å². The Morgan fingerprint density at radius 1 is 1.30 bits per heavy atom. The third-order valence-electron chi connectivity index (χ3n) is 1.28. The second kappa shape index (κ2) is 2.02. The molecular weight excluding hydrogens is 126 g/mol. The zero-order valence-corrected chi connectivity index (χ0v) is 5.31. The largest absolute Gasteiger partial charge is 0.237 e. The molecule has 0 atom stereocenters. The second-order valence-electron chi connectivity index (χ2n) is 1.95. The number of aliphatic imine (C=N–C) groups is 1. The number of allylic oxidation sites excluding steroid dienone is 3. The zero-order valence-electron chi connectivity index (χ0n) is 5.31. The highest BCUT2D eigenvalue weighted by molar-refractivity contribution is 5.73. The Morgan fingerprint density at radius 3 is 3.20 bits per heavy atom. The number of hydrogen-bond donors (Lipinski definition) is 0. The van der Waals surface area contributed by atoms with Gasteiger partial charge in [-0.15, -0.1) is 0 Å². The van der Waals surface area contributed by atoms with Crippen LogP contribution in [0, 0.1) is 0 Å². The van der Waals surface area contributed by atoms with E-state index in [4.69, 9.17) is 0 Å². The molecular formula is C7H6N3. The smallest absolute Gasteiger partial charge is 0.153 e. The van der Waals surface area contributed by atoms with Crippen molar-refractivity contribution in [2.75, 3.05) is 0 Å². The van der Waals surface area contributed by atoms with Gasteiger partial charge in [-0.25, -0.2) is 10.0 Å². The second-order valence-corrected chi connectivity index (χ2v) is 1.95. The molecule has 0 saturated carbocycles. The molecule has 0 unspecified atom stereocenters. The van der Waals surface area contributed by atoms with Crippen molar-refractivity contribution < 1.29 is 0 Å². The summed E-state index contributed by atoms with van der Waals surface area (Å²) in [4.78, 5) is 4.08. The summed E-state index contributed by atoms with van der Waals surface area (Å²) in [5.74, 6) is 0.866. The van der Waals surface area contributed by atoms with Gasteiger partial charge in [0.25, 0.3) is 0 Å². The molecule has 0 N–H and O–H groups in total. The van der Waals surface area contributed by atoms with Crippen LogP contribution in [0.3, 0.4) is 0 Å². The summed E-state index contributed by atoms with van der Waals surface area (Å²) in [5.41, 5.74) is 4.04. The highest BCUT2D eigenvalue weighted by Crippen LogP contribution is 2.11. The van der Waals surface area contributed by atoms with E-state index in [9.17, 15) is 0 Å². The Kier molecular flexibility index (Phi) is 1.07. The van der Waals surface area contributed by atoms with Crippen LogP contribution in [0.15, 0.2) is 41.4 Å². The van der Waals surface area contributed by atoms with E-state index in [0.717, 1.165) is 5.82 Å².